The van der Waals surface area contributed by atoms with E-state index in [4.69, 9.17) is 23.2 Å². The quantitative estimate of drug-likeness (QED) is 0.569. The van der Waals surface area contributed by atoms with E-state index in [2.05, 4.69) is 4.98 Å². The summed E-state index contributed by atoms with van der Waals surface area (Å²) in [7, 11) is 0. The Bertz CT molecular complexity index is 801. The van der Waals surface area contributed by atoms with Crippen LogP contribution in [-0.2, 0) is 16.0 Å². The van der Waals surface area contributed by atoms with Gasteiger partial charge in [0.2, 0.25) is 0 Å². The summed E-state index contributed by atoms with van der Waals surface area (Å²) in [4.78, 5) is 28.8. The molecular weight excluding hydrogens is 345 g/mol. The Morgan fingerprint density at radius 1 is 1.08 bits per heavy atom. The van der Waals surface area contributed by atoms with Crippen LogP contribution in [0.15, 0.2) is 30.3 Å². The molecule has 5 heteroatoms. The smallest absolute Gasteiger partial charge is 0.147 e. The van der Waals surface area contributed by atoms with Crippen molar-refractivity contribution in [1.82, 2.24) is 4.98 Å². The van der Waals surface area contributed by atoms with Gasteiger partial charge in [-0.3, -0.25) is 9.59 Å². The van der Waals surface area contributed by atoms with Gasteiger partial charge in [-0.25, -0.2) is 4.98 Å². The fourth-order valence-electron chi connectivity index (χ4n) is 3.23. The molecule has 1 aliphatic carbocycles. The summed E-state index contributed by atoms with van der Waals surface area (Å²) < 4.78 is 0. The van der Waals surface area contributed by atoms with Crippen molar-refractivity contribution in [3.63, 3.8) is 0 Å². The summed E-state index contributed by atoms with van der Waals surface area (Å²) in [5.74, 6) is -0.621. The van der Waals surface area contributed by atoms with Crippen molar-refractivity contribution in [1.29, 1.82) is 0 Å². The molecule has 0 spiro atoms. The maximum absolute atomic E-state index is 12.4. The Kier molecular flexibility index (Phi) is 5.02. The molecule has 24 heavy (non-hydrogen) atoms. The van der Waals surface area contributed by atoms with E-state index >= 15 is 0 Å². The fourth-order valence-corrected chi connectivity index (χ4v) is 3.69. The number of halogens is 2. The molecule has 0 aliphatic heterocycles. The monoisotopic (exact) mass is 361 g/mol. The van der Waals surface area contributed by atoms with E-state index in [1.807, 2.05) is 25.1 Å². The molecular formula is C19H17Cl2NO2. The summed E-state index contributed by atoms with van der Waals surface area (Å²) >= 11 is 12.1. The highest BCUT2D eigenvalue weighted by Gasteiger charge is 2.32. The molecule has 0 radical (unpaired) electrons. The van der Waals surface area contributed by atoms with Crippen LogP contribution >= 0.6 is 23.2 Å². The number of aryl methyl sites for hydroxylation is 1. The second-order valence-electron chi connectivity index (χ2n) is 5.96. The number of nitrogens with zero attached hydrogens (tertiary/aromatic N) is 1. The van der Waals surface area contributed by atoms with Crippen LogP contribution in [0.3, 0.4) is 0 Å². The van der Waals surface area contributed by atoms with Crippen molar-refractivity contribution in [3.05, 3.63) is 51.8 Å². The highest BCUT2D eigenvalue weighted by atomic mass is 35.5. The molecule has 1 fully saturated rings. The lowest BCUT2D eigenvalue weighted by Crippen LogP contribution is -2.27. The molecule has 3 nitrogen and oxygen atoms in total. The number of pyridine rings is 1. The minimum absolute atomic E-state index is 0.0124. The van der Waals surface area contributed by atoms with Gasteiger partial charge in [-0.2, -0.15) is 0 Å². The van der Waals surface area contributed by atoms with Crippen LogP contribution in [0, 0.1) is 0 Å². The number of carbonyl (C=O) groups excluding carboxylic acids is 2. The Balaban J connectivity index is 2.12. The van der Waals surface area contributed by atoms with Gasteiger partial charge in [0, 0.05) is 18.4 Å². The van der Waals surface area contributed by atoms with E-state index < -0.39 is 5.92 Å². The molecule has 1 heterocycles. The Morgan fingerprint density at radius 2 is 1.79 bits per heavy atom. The first-order valence-electron chi connectivity index (χ1n) is 8.02. The summed E-state index contributed by atoms with van der Waals surface area (Å²) in [5, 5.41) is 0.630. The molecule has 0 saturated heterocycles. The predicted octanol–water partition coefficient (Wildman–Crippen LogP) is 5.02. The first-order chi connectivity index (χ1) is 11.5. The van der Waals surface area contributed by atoms with Crippen molar-refractivity contribution in [2.75, 3.05) is 0 Å². The van der Waals surface area contributed by atoms with Crippen LogP contribution in [0.1, 0.15) is 43.2 Å². The molecule has 0 amide bonds. The van der Waals surface area contributed by atoms with E-state index in [0.29, 0.717) is 29.6 Å². The fraction of sp³-hybridized carbons (Fsp3) is 0.316. The largest absolute Gasteiger partial charge is 0.299 e. The third kappa shape index (κ3) is 3.24. The zero-order valence-corrected chi connectivity index (χ0v) is 14.8. The third-order valence-electron chi connectivity index (χ3n) is 4.45. The van der Waals surface area contributed by atoms with E-state index in [9.17, 15) is 9.59 Å². The topological polar surface area (TPSA) is 47.0 Å². The number of rotatable bonds is 3. The Labute approximate surface area is 151 Å². The first kappa shape index (κ1) is 17.1. The number of Topliss-reactive ketones (excluding diaryl/α,β-unsaturated/α-hetero) is 2. The van der Waals surface area contributed by atoms with Crippen LogP contribution in [0.5, 0.6) is 0 Å². The van der Waals surface area contributed by atoms with E-state index in [1.54, 1.807) is 12.1 Å². The highest BCUT2D eigenvalue weighted by molar-refractivity contribution is 6.34. The maximum atomic E-state index is 12.4. The molecule has 1 aromatic heterocycles. The zero-order valence-electron chi connectivity index (χ0n) is 13.3. The van der Waals surface area contributed by atoms with Crippen molar-refractivity contribution < 1.29 is 9.59 Å². The van der Waals surface area contributed by atoms with E-state index in [-0.39, 0.29) is 11.6 Å². The van der Waals surface area contributed by atoms with Crippen LogP contribution in [-0.4, -0.2) is 16.6 Å². The van der Waals surface area contributed by atoms with Gasteiger partial charge in [0.25, 0.3) is 0 Å². The minimum Gasteiger partial charge on any atom is -0.299 e. The molecule has 2 aromatic rings. The average molecular weight is 362 g/mol. The number of ketones is 2. The summed E-state index contributed by atoms with van der Waals surface area (Å²) in [6.07, 6.45) is 2.35. The number of carbonyl (C=O) groups is 2. The molecule has 1 aliphatic rings. The molecule has 0 unspecified atom stereocenters. The second-order valence-corrected chi connectivity index (χ2v) is 6.70. The highest BCUT2D eigenvalue weighted by Crippen LogP contribution is 2.35. The molecule has 3 rings (SSSR count). The Hall–Kier alpha value is -1.71. The van der Waals surface area contributed by atoms with Crippen LogP contribution in [0.25, 0.3) is 11.1 Å². The molecule has 0 N–H and O–H groups in total. The zero-order chi connectivity index (χ0) is 17.3. The molecule has 0 atom stereocenters. The number of benzene rings is 1. The van der Waals surface area contributed by atoms with Gasteiger partial charge in [-0.05, 0) is 47.7 Å². The lowest BCUT2D eigenvalue weighted by atomic mass is 9.79. The summed E-state index contributed by atoms with van der Waals surface area (Å²) in [6, 6.07) is 9.28. The lowest BCUT2D eigenvalue weighted by molar-refractivity contribution is -0.131. The SMILES string of the molecule is CCc1ccc(-c2ccc(Cl)nc2Cl)cc1C1C(=O)CCCC1=O. The first-order valence-corrected chi connectivity index (χ1v) is 8.77. The van der Waals surface area contributed by atoms with Gasteiger partial charge in [0.15, 0.2) is 0 Å². The minimum atomic E-state index is -0.646. The van der Waals surface area contributed by atoms with Crippen molar-refractivity contribution in [3.8, 4) is 11.1 Å². The molecule has 0 bridgehead atoms. The predicted molar refractivity (Wildman–Crippen MR) is 95.7 cm³/mol. The van der Waals surface area contributed by atoms with Crippen molar-refractivity contribution in [2.45, 2.75) is 38.5 Å². The third-order valence-corrected chi connectivity index (χ3v) is 4.95. The van der Waals surface area contributed by atoms with Crippen LogP contribution in [0.2, 0.25) is 10.3 Å². The second kappa shape index (κ2) is 7.04. The van der Waals surface area contributed by atoms with Gasteiger partial charge in [-0.1, -0.05) is 42.3 Å². The van der Waals surface area contributed by atoms with Gasteiger partial charge in [0.1, 0.15) is 27.8 Å². The number of hydrogen-bond donors (Lipinski definition) is 0. The van der Waals surface area contributed by atoms with E-state index in [0.717, 1.165) is 28.7 Å². The van der Waals surface area contributed by atoms with Crippen LogP contribution < -0.4 is 0 Å². The van der Waals surface area contributed by atoms with E-state index in [1.165, 1.54) is 0 Å². The lowest BCUT2D eigenvalue weighted by Gasteiger charge is -2.23. The van der Waals surface area contributed by atoms with Gasteiger partial charge in [-0.15, -0.1) is 0 Å². The van der Waals surface area contributed by atoms with Gasteiger partial charge >= 0.3 is 0 Å². The number of hydrogen-bond acceptors (Lipinski definition) is 3. The molecule has 1 aromatic carbocycles. The Morgan fingerprint density at radius 3 is 2.42 bits per heavy atom. The van der Waals surface area contributed by atoms with Gasteiger partial charge in [0.05, 0.1) is 0 Å². The normalized spacial score (nSPS) is 15.8. The van der Waals surface area contributed by atoms with Gasteiger partial charge < -0.3 is 0 Å². The molecule has 124 valence electrons. The number of aromatic nitrogens is 1. The summed E-state index contributed by atoms with van der Waals surface area (Å²) in [6.45, 7) is 2.02. The van der Waals surface area contributed by atoms with Crippen LogP contribution in [0.4, 0.5) is 0 Å². The maximum Gasteiger partial charge on any atom is 0.147 e. The van der Waals surface area contributed by atoms with Crippen molar-refractivity contribution in [2.24, 2.45) is 0 Å². The average Bonchev–Trinajstić information content (AvgIpc) is 2.54. The molecule has 1 saturated carbocycles. The van der Waals surface area contributed by atoms with Crippen molar-refractivity contribution >= 4 is 34.8 Å². The summed E-state index contributed by atoms with van der Waals surface area (Å²) in [5.41, 5.74) is 3.39. The standard InChI is InChI=1S/C19H17Cl2NO2/c1-2-11-6-7-12(13-8-9-17(20)22-19(13)21)10-14(11)18-15(23)4-3-5-16(18)24/h6-10,18H,2-5H2,1H3.